The molecule has 2 aromatic rings. The molecule has 134 valence electrons. The van der Waals surface area contributed by atoms with Gasteiger partial charge >= 0.3 is 0 Å². The summed E-state index contributed by atoms with van der Waals surface area (Å²) in [5.74, 6) is -1.62. The third-order valence-electron chi connectivity index (χ3n) is 4.41. The molecule has 1 aromatic heterocycles. The Balaban J connectivity index is 1.57. The number of hydrogen-bond acceptors (Lipinski definition) is 5. The van der Waals surface area contributed by atoms with Crippen molar-refractivity contribution in [1.82, 2.24) is 10.9 Å². The third kappa shape index (κ3) is 4.01. The largest absolute Gasteiger partial charge is 0.464 e. The van der Waals surface area contributed by atoms with Gasteiger partial charge in [0.2, 0.25) is 11.8 Å². The third-order valence-corrected chi connectivity index (χ3v) is 6.18. The number of carbonyl (C=O) groups is 2. The first-order valence-corrected chi connectivity index (χ1v) is 9.98. The Labute approximate surface area is 145 Å². The summed E-state index contributed by atoms with van der Waals surface area (Å²) in [5.41, 5.74) is 7.25. The van der Waals surface area contributed by atoms with Crippen molar-refractivity contribution >= 4 is 32.6 Å². The van der Waals surface area contributed by atoms with Crippen molar-refractivity contribution in [2.45, 2.75) is 26.2 Å². The molecule has 1 saturated heterocycles. The van der Waals surface area contributed by atoms with Crippen LogP contribution in [0.15, 0.2) is 28.9 Å². The smallest absolute Gasteiger partial charge is 0.242 e. The zero-order valence-corrected chi connectivity index (χ0v) is 14.7. The predicted octanol–water partition coefficient (Wildman–Crippen LogP) is 1.12. The van der Waals surface area contributed by atoms with E-state index in [0.717, 1.165) is 28.5 Å². The molecule has 8 heteroatoms. The van der Waals surface area contributed by atoms with Crippen molar-refractivity contribution in [3.63, 3.8) is 0 Å². The number of nitrogens with one attached hydrogen (secondary N) is 2. The maximum atomic E-state index is 12.0. The maximum absolute atomic E-state index is 12.0. The Morgan fingerprint density at radius 2 is 2.08 bits per heavy atom. The lowest BCUT2D eigenvalue weighted by molar-refractivity contribution is -0.130. The van der Waals surface area contributed by atoms with E-state index in [-0.39, 0.29) is 24.3 Å². The Hall–Kier alpha value is -2.35. The van der Waals surface area contributed by atoms with Gasteiger partial charge in [0, 0.05) is 10.9 Å². The van der Waals surface area contributed by atoms with Crippen LogP contribution in [0, 0.1) is 5.92 Å². The van der Waals surface area contributed by atoms with Gasteiger partial charge in [-0.1, -0.05) is 19.1 Å². The predicted molar refractivity (Wildman–Crippen MR) is 92.3 cm³/mol. The van der Waals surface area contributed by atoms with Crippen molar-refractivity contribution in [3.8, 4) is 0 Å². The van der Waals surface area contributed by atoms with E-state index in [1.807, 2.05) is 18.2 Å². The molecule has 1 fully saturated rings. The summed E-state index contributed by atoms with van der Waals surface area (Å²) < 4.78 is 28.3. The van der Waals surface area contributed by atoms with Gasteiger partial charge in [0.1, 0.15) is 5.58 Å². The molecule has 1 aliphatic rings. The van der Waals surface area contributed by atoms with Crippen molar-refractivity contribution in [2.24, 2.45) is 5.92 Å². The summed E-state index contributed by atoms with van der Waals surface area (Å²) in [6.45, 7) is 2.05. The fourth-order valence-corrected chi connectivity index (χ4v) is 4.68. The van der Waals surface area contributed by atoms with Crippen LogP contribution < -0.4 is 10.9 Å². The fourth-order valence-electron chi connectivity index (χ4n) is 2.94. The molecular weight excluding hydrogens is 344 g/mol. The lowest BCUT2D eigenvalue weighted by Crippen LogP contribution is -2.45. The summed E-state index contributed by atoms with van der Waals surface area (Å²) >= 11 is 0. The minimum atomic E-state index is -3.14. The number of sulfone groups is 1. The summed E-state index contributed by atoms with van der Waals surface area (Å²) in [4.78, 5) is 24.0. The molecule has 2 N–H and O–H groups in total. The molecule has 0 spiro atoms. The van der Waals surface area contributed by atoms with E-state index in [2.05, 4.69) is 17.8 Å². The van der Waals surface area contributed by atoms with E-state index in [1.54, 1.807) is 0 Å². The summed E-state index contributed by atoms with van der Waals surface area (Å²) in [6.07, 6.45) is 2.78. The summed E-state index contributed by atoms with van der Waals surface area (Å²) in [7, 11) is -3.14. The number of hydrazine groups is 1. The van der Waals surface area contributed by atoms with Gasteiger partial charge in [-0.05, 0) is 24.5 Å². The van der Waals surface area contributed by atoms with Crippen molar-refractivity contribution in [1.29, 1.82) is 0 Å². The monoisotopic (exact) mass is 364 g/mol. The molecular formula is C17H20N2O5S. The molecule has 0 radical (unpaired) electrons. The van der Waals surface area contributed by atoms with E-state index >= 15 is 0 Å². The molecule has 0 unspecified atom stereocenters. The first-order chi connectivity index (χ1) is 11.9. The van der Waals surface area contributed by atoms with Crippen LogP contribution in [0.5, 0.6) is 0 Å². The molecule has 2 amide bonds. The lowest BCUT2D eigenvalue weighted by atomic mass is 10.1. The topological polar surface area (TPSA) is 105 Å². The molecule has 7 nitrogen and oxygen atoms in total. The van der Waals surface area contributed by atoms with E-state index < -0.39 is 27.6 Å². The molecule has 25 heavy (non-hydrogen) atoms. The van der Waals surface area contributed by atoms with Gasteiger partial charge in [-0.25, -0.2) is 8.42 Å². The summed E-state index contributed by atoms with van der Waals surface area (Å²) in [6, 6.07) is 5.85. The van der Waals surface area contributed by atoms with Gasteiger partial charge in [0.05, 0.1) is 30.1 Å². The normalized spacial score (nSPS) is 19.0. The molecule has 3 rings (SSSR count). The van der Waals surface area contributed by atoms with Crippen LogP contribution >= 0.6 is 0 Å². The van der Waals surface area contributed by atoms with Crippen molar-refractivity contribution in [2.75, 3.05) is 11.5 Å². The second-order valence-electron chi connectivity index (χ2n) is 6.26. The van der Waals surface area contributed by atoms with Crippen LogP contribution in [0.25, 0.3) is 11.0 Å². The number of fused-ring (bicyclic) bond motifs is 1. The number of furan rings is 1. The Morgan fingerprint density at radius 3 is 2.76 bits per heavy atom. The van der Waals surface area contributed by atoms with Crippen molar-refractivity contribution in [3.05, 3.63) is 35.6 Å². The minimum absolute atomic E-state index is 0.0137. The maximum Gasteiger partial charge on any atom is 0.242 e. The quantitative estimate of drug-likeness (QED) is 0.791. The van der Waals surface area contributed by atoms with Gasteiger partial charge < -0.3 is 4.42 Å². The molecule has 2 heterocycles. The highest BCUT2D eigenvalue weighted by Crippen LogP contribution is 2.23. The number of amides is 2. The SMILES string of the molecule is CCc1ccc2c(CC(=O)NNC(=O)[C@@H]3CCS(=O)(=O)C3)coc2c1. The Kier molecular flexibility index (Phi) is 4.80. The first-order valence-electron chi connectivity index (χ1n) is 8.16. The van der Waals surface area contributed by atoms with Crippen LogP contribution in [0.2, 0.25) is 0 Å². The van der Waals surface area contributed by atoms with Crippen LogP contribution in [0.4, 0.5) is 0 Å². The van der Waals surface area contributed by atoms with Gasteiger partial charge in [-0.15, -0.1) is 0 Å². The second kappa shape index (κ2) is 6.87. The van der Waals surface area contributed by atoms with E-state index in [4.69, 9.17) is 4.42 Å². The Bertz CT molecular complexity index is 916. The number of rotatable bonds is 4. The van der Waals surface area contributed by atoms with Crippen molar-refractivity contribution < 1.29 is 22.4 Å². The first kappa shape index (κ1) is 17.5. The highest BCUT2D eigenvalue weighted by atomic mass is 32.2. The number of carbonyl (C=O) groups excluding carboxylic acids is 2. The van der Waals surface area contributed by atoms with Gasteiger partial charge in [-0.2, -0.15) is 0 Å². The average molecular weight is 364 g/mol. The van der Waals surface area contributed by atoms with Crippen LogP contribution in [0.1, 0.15) is 24.5 Å². The molecule has 0 saturated carbocycles. The summed E-state index contributed by atoms with van der Waals surface area (Å²) in [5, 5.41) is 0.862. The van der Waals surface area contributed by atoms with Crippen LogP contribution in [-0.4, -0.2) is 31.7 Å². The van der Waals surface area contributed by atoms with Gasteiger partial charge in [0.25, 0.3) is 0 Å². The fraction of sp³-hybridized carbons (Fsp3) is 0.412. The molecule has 1 aromatic carbocycles. The highest BCUT2D eigenvalue weighted by molar-refractivity contribution is 7.91. The number of aryl methyl sites for hydroxylation is 1. The second-order valence-corrected chi connectivity index (χ2v) is 8.49. The standard InChI is InChI=1S/C17H20N2O5S/c1-2-11-3-4-14-13(9-24-15(14)7-11)8-16(20)18-19-17(21)12-5-6-25(22,23)10-12/h3-4,7,9,12H,2,5-6,8,10H2,1H3,(H,18,20)(H,19,21)/t12-/m1/s1. The van der Waals surface area contributed by atoms with Gasteiger partial charge in [0.15, 0.2) is 9.84 Å². The molecule has 1 atom stereocenters. The Morgan fingerprint density at radius 1 is 1.28 bits per heavy atom. The molecule has 0 aliphatic carbocycles. The van der Waals surface area contributed by atoms with Crippen LogP contribution in [0.3, 0.4) is 0 Å². The lowest BCUT2D eigenvalue weighted by Gasteiger charge is -2.10. The van der Waals surface area contributed by atoms with Gasteiger partial charge in [-0.3, -0.25) is 20.4 Å². The zero-order valence-electron chi connectivity index (χ0n) is 13.9. The van der Waals surface area contributed by atoms with Crippen LogP contribution in [-0.2, 0) is 32.3 Å². The highest BCUT2D eigenvalue weighted by Gasteiger charge is 2.33. The zero-order chi connectivity index (χ0) is 18.0. The average Bonchev–Trinajstić information content (AvgIpc) is 3.15. The minimum Gasteiger partial charge on any atom is -0.464 e. The molecule has 0 bridgehead atoms. The van der Waals surface area contributed by atoms with E-state index in [0.29, 0.717) is 0 Å². The molecule has 1 aliphatic heterocycles. The number of hydrogen-bond donors (Lipinski definition) is 2. The van der Waals surface area contributed by atoms with E-state index in [9.17, 15) is 18.0 Å². The number of benzene rings is 1. The van der Waals surface area contributed by atoms with E-state index in [1.165, 1.54) is 6.26 Å².